The first-order valence-electron chi connectivity index (χ1n) is 7.41. The van der Waals surface area contributed by atoms with Crippen LogP contribution in [0.5, 0.6) is 0 Å². The SMILES string of the molecule is CCCCCCCCCCCCCCC.[Mn+2]. The predicted octanol–water partition coefficient (Wildman–Crippen LogP) is 6.10. The molecule has 0 aliphatic rings. The van der Waals surface area contributed by atoms with Crippen LogP contribution in [0.3, 0.4) is 0 Å². The van der Waals surface area contributed by atoms with Crippen LogP contribution < -0.4 is 0 Å². The molecule has 0 unspecified atom stereocenters. The van der Waals surface area contributed by atoms with E-state index in [9.17, 15) is 0 Å². The first-order chi connectivity index (χ1) is 7.41. The van der Waals surface area contributed by atoms with Crippen LogP contribution >= 0.6 is 0 Å². The third kappa shape index (κ3) is 16.9. The average molecular weight is 267 g/mol. The molecule has 1 heteroatoms. The Morgan fingerprint density at radius 1 is 0.375 bits per heavy atom. The Balaban J connectivity index is 0. The van der Waals surface area contributed by atoms with E-state index in [-0.39, 0.29) is 17.1 Å². The van der Waals surface area contributed by atoms with Gasteiger partial charge in [0.15, 0.2) is 0 Å². The van der Waals surface area contributed by atoms with Crippen molar-refractivity contribution in [2.24, 2.45) is 0 Å². The van der Waals surface area contributed by atoms with Crippen LogP contribution in [0.15, 0.2) is 0 Å². The van der Waals surface area contributed by atoms with Gasteiger partial charge in [-0.3, -0.25) is 0 Å². The van der Waals surface area contributed by atoms with Crippen LogP contribution in [-0.2, 0) is 17.1 Å². The number of rotatable bonds is 12. The Morgan fingerprint density at radius 3 is 0.750 bits per heavy atom. The van der Waals surface area contributed by atoms with E-state index in [1.54, 1.807) is 0 Å². The van der Waals surface area contributed by atoms with E-state index in [0.717, 1.165) is 0 Å². The molecule has 0 N–H and O–H groups in total. The van der Waals surface area contributed by atoms with Crippen LogP contribution in [0.4, 0.5) is 0 Å². The minimum atomic E-state index is 0. The smallest absolute Gasteiger partial charge is 0.0654 e. The van der Waals surface area contributed by atoms with Crippen LogP contribution in [0, 0.1) is 0 Å². The van der Waals surface area contributed by atoms with E-state index in [4.69, 9.17) is 0 Å². The molecule has 0 aliphatic carbocycles. The van der Waals surface area contributed by atoms with Crippen molar-refractivity contribution in [3.63, 3.8) is 0 Å². The zero-order valence-electron chi connectivity index (χ0n) is 11.6. The minimum Gasteiger partial charge on any atom is -0.0654 e. The topological polar surface area (TPSA) is 0 Å². The van der Waals surface area contributed by atoms with Crippen molar-refractivity contribution in [1.29, 1.82) is 0 Å². The van der Waals surface area contributed by atoms with Gasteiger partial charge in [-0.05, 0) is 0 Å². The molecule has 0 aromatic heterocycles. The van der Waals surface area contributed by atoms with E-state index < -0.39 is 0 Å². The van der Waals surface area contributed by atoms with Gasteiger partial charge < -0.3 is 0 Å². The molecule has 0 amide bonds. The maximum absolute atomic E-state index is 2.29. The summed E-state index contributed by atoms with van der Waals surface area (Å²) in [5.74, 6) is 0. The van der Waals surface area contributed by atoms with Crippen LogP contribution in [0.25, 0.3) is 0 Å². The molecule has 0 saturated carbocycles. The summed E-state index contributed by atoms with van der Waals surface area (Å²) in [4.78, 5) is 0. The third-order valence-electron chi connectivity index (χ3n) is 3.21. The van der Waals surface area contributed by atoms with Crippen molar-refractivity contribution in [1.82, 2.24) is 0 Å². The second-order valence-corrected chi connectivity index (χ2v) is 4.89. The van der Waals surface area contributed by atoms with Crippen molar-refractivity contribution < 1.29 is 17.1 Å². The van der Waals surface area contributed by atoms with Crippen LogP contribution in [-0.4, -0.2) is 0 Å². The molecule has 0 aromatic rings. The van der Waals surface area contributed by atoms with Crippen molar-refractivity contribution >= 4 is 0 Å². The minimum absolute atomic E-state index is 0. The Bertz CT molecular complexity index is 89.6. The summed E-state index contributed by atoms with van der Waals surface area (Å²) in [5.41, 5.74) is 0. The number of hydrogen-bond donors (Lipinski definition) is 0. The normalized spacial score (nSPS) is 10.1. The van der Waals surface area contributed by atoms with E-state index in [1.807, 2.05) is 0 Å². The van der Waals surface area contributed by atoms with E-state index >= 15 is 0 Å². The molecule has 0 atom stereocenters. The fourth-order valence-electron chi connectivity index (χ4n) is 2.09. The molecule has 0 saturated heterocycles. The zero-order chi connectivity index (χ0) is 11.2. The summed E-state index contributed by atoms with van der Waals surface area (Å²) in [7, 11) is 0. The van der Waals surface area contributed by atoms with E-state index in [2.05, 4.69) is 13.8 Å². The van der Waals surface area contributed by atoms with Gasteiger partial charge in [-0.1, -0.05) is 97.3 Å². The molecule has 0 spiro atoms. The maximum Gasteiger partial charge on any atom is 2.00 e. The van der Waals surface area contributed by atoms with Crippen molar-refractivity contribution in [3.05, 3.63) is 0 Å². The van der Waals surface area contributed by atoms with Crippen LogP contribution in [0.2, 0.25) is 0 Å². The summed E-state index contributed by atoms with van der Waals surface area (Å²) in [5, 5.41) is 0. The maximum atomic E-state index is 2.29. The second kappa shape index (κ2) is 17.9. The molecule has 0 heterocycles. The van der Waals surface area contributed by atoms with E-state index in [0.29, 0.717) is 0 Å². The molecule has 1 radical (unpaired) electrons. The number of unbranched alkanes of at least 4 members (excludes halogenated alkanes) is 12. The molecular weight excluding hydrogens is 235 g/mol. The monoisotopic (exact) mass is 267 g/mol. The number of hydrogen-bond acceptors (Lipinski definition) is 0. The van der Waals surface area contributed by atoms with E-state index in [1.165, 1.54) is 83.5 Å². The third-order valence-corrected chi connectivity index (χ3v) is 3.21. The molecule has 0 bridgehead atoms. The molecule has 0 aromatic carbocycles. The van der Waals surface area contributed by atoms with Gasteiger partial charge in [0, 0.05) is 0 Å². The average Bonchev–Trinajstić information content (AvgIpc) is 2.26. The van der Waals surface area contributed by atoms with Gasteiger partial charge in [-0.2, -0.15) is 0 Å². The summed E-state index contributed by atoms with van der Waals surface area (Å²) in [6.45, 7) is 4.58. The quantitative estimate of drug-likeness (QED) is 0.296. The Kier molecular flexibility index (Phi) is 21.1. The van der Waals surface area contributed by atoms with Gasteiger partial charge in [-0.15, -0.1) is 0 Å². The van der Waals surface area contributed by atoms with Gasteiger partial charge in [0.1, 0.15) is 0 Å². The largest absolute Gasteiger partial charge is 2.00 e. The molecule has 0 fully saturated rings. The predicted molar refractivity (Wildman–Crippen MR) is 71.4 cm³/mol. The molecule has 16 heavy (non-hydrogen) atoms. The van der Waals surface area contributed by atoms with Crippen LogP contribution in [0.1, 0.15) is 97.3 Å². The first kappa shape index (κ1) is 18.9. The fourth-order valence-corrected chi connectivity index (χ4v) is 2.09. The molecule has 0 nitrogen and oxygen atoms in total. The molecule has 97 valence electrons. The van der Waals surface area contributed by atoms with Crippen molar-refractivity contribution in [2.75, 3.05) is 0 Å². The van der Waals surface area contributed by atoms with Crippen molar-refractivity contribution in [3.8, 4) is 0 Å². The standard InChI is InChI=1S/C15H32.Mn/c1-3-5-7-9-11-13-15-14-12-10-8-6-4-2;/h3-15H2,1-2H3;/q;+2. The molecular formula is C15H32Mn+2. The van der Waals surface area contributed by atoms with Gasteiger partial charge in [0.25, 0.3) is 0 Å². The van der Waals surface area contributed by atoms with Crippen molar-refractivity contribution in [2.45, 2.75) is 97.3 Å². The summed E-state index contributed by atoms with van der Waals surface area (Å²) >= 11 is 0. The second-order valence-electron chi connectivity index (χ2n) is 4.89. The molecule has 0 aliphatic heterocycles. The summed E-state index contributed by atoms with van der Waals surface area (Å²) in [6.07, 6.45) is 18.9. The Hall–Kier alpha value is 0.519. The fraction of sp³-hybridized carbons (Fsp3) is 1.00. The van der Waals surface area contributed by atoms with Gasteiger partial charge in [0.2, 0.25) is 0 Å². The Labute approximate surface area is 114 Å². The first-order valence-corrected chi connectivity index (χ1v) is 7.41. The van der Waals surface area contributed by atoms with Gasteiger partial charge >= 0.3 is 17.1 Å². The zero-order valence-corrected chi connectivity index (χ0v) is 12.8. The molecule has 0 rings (SSSR count). The summed E-state index contributed by atoms with van der Waals surface area (Å²) in [6, 6.07) is 0. The Morgan fingerprint density at radius 2 is 0.562 bits per heavy atom. The van der Waals surface area contributed by atoms with Gasteiger partial charge in [0.05, 0.1) is 0 Å². The summed E-state index contributed by atoms with van der Waals surface area (Å²) < 4.78 is 0. The van der Waals surface area contributed by atoms with Gasteiger partial charge in [-0.25, -0.2) is 0 Å².